The lowest BCUT2D eigenvalue weighted by molar-refractivity contribution is -0.140. The number of amides is 1. The second-order valence-electron chi connectivity index (χ2n) is 9.05. The molecule has 1 saturated carbocycles. The summed E-state index contributed by atoms with van der Waals surface area (Å²) < 4.78 is 5.55. The van der Waals surface area contributed by atoms with Gasteiger partial charge in [0.15, 0.2) is 0 Å². The molecular weight excluding hydrogens is 452 g/mol. The van der Waals surface area contributed by atoms with E-state index >= 15 is 0 Å². The minimum absolute atomic E-state index is 0.387. The number of nitrogens with one attached hydrogen (secondary N) is 1. The summed E-state index contributed by atoms with van der Waals surface area (Å²) in [6.07, 6.45) is 3.73. The number of carbonyl (C=O) groups excluding carboxylic acids is 1. The topological polar surface area (TPSA) is 88.5 Å². The van der Waals surface area contributed by atoms with Crippen molar-refractivity contribution in [1.82, 2.24) is 4.98 Å². The highest BCUT2D eigenvalue weighted by Gasteiger charge is 2.51. The summed E-state index contributed by atoms with van der Waals surface area (Å²) >= 11 is 0. The molecule has 4 aromatic rings. The number of benzene rings is 3. The number of nitrogens with zero attached hydrogens (tertiary/aromatic N) is 1. The molecule has 180 valence electrons. The minimum atomic E-state index is -0.750. The van der Waals surface area contributed by atoms with E-state index in [1.54, 1.807) is 12.4 Å². The zero-order chi connectivity index (χ0) is 25.1. The van der Waals surface area contributed by atoms with Gasteiger partial charge in [-0.25, -0.2) is 4.79 Å². The normalized spacial score (nSPS) is 14.5. The number of ether oxygens (including phenoxy) is 1. The highest BCUT2D eigenvalue weighted by atomic mass is 16.6. The Morgan fingerprint density at radius 3 is 2.11 bits per heavy atom. The molecule has 1 aliphatic rings. The monoisotopic (exact) mass is 478 g/mol. The molecule has 0 spiro atoms. The summed E-state index contributed by atoms with van der Waals surface area (Å²) in [5.74, 6) is -0.750. The van der Waals surface area contributed by atoms with Crippen molar-refractivity contribution in [2.24, 2.45) is 0 Å². The van der Waals surface area contributed by atoms with Crippen molar-refractivity contribution in [3.05, 3.63) is 108 Å². The van der Waals surface area contributed by atoms with Gasteiger partial charge in [-0.2, -0.15) is 0 Å². The Balaban J connectivity index is 1.30. The predicted octanol–water partition coefficient (Wildman–Crippen LogP) is 6.84. The van der Waals surface area contributed by atoms with Gasteiger partial charge in [0.05, 0.1) is 17.3 Å². The van der Waals surface area contributed by atoms with Crippen LogP contribution in [0.3, 0.4) is 0 Å². The fourth-order valence-electron chi connectivity index (χ4n) is 4.41. The molecule has 0 aliphatic heterocycles. The number of carboxylic acids is 1. The Kier molecular flexibility index (Phi) is 6.25. The van der Waals surface area contributed by atoms with E-state index in [2.05, 4.69) is 10.3 Å². The van der Waals surface area contributed by atoms with E-state index in [1.165, 1.54) is 0 Å². The average Bonchev–Trinajstić information content (AvgIpc) is 3.72. The summed E-state index contributed by atoms with van der Waals surface area (Å²) in [6, 6.07) is 27.2. The van der Waals surface area contributed by atoms with Crippen LogP contribution in [0, 0.1) is 0 Å². The van der Waals surface area contributed by atoms with E-state index in [4.69, 9.17) is 4.74 Å². The molecule has 5 rings (SSSR count). The fourth-order valence-corrected chi connectivity index (χ4v) is 4.41. The molecule has 36 heavy (non-hydrogen) atoms. The van der Waals surface area contributed by atoms with Crippen LogP contribution in [0.4, 0.5) is 10.5 Å². The summed E-state index contributed by atoms with van der Waals surface area (Å²) in [7, 11) is 0. The Bertz CT molecular complexity index is 1380. The predicted molar refractivity (Wildman–Crippen MR) is 139 cm³/mol. The first-order chi connectivity index (χ1) is 17.5. The van der Waals surface area contributed by atoms with Crippen LogP contribution < -0.4 is 5.32 Å². The maximum atomic E-state index is 12.6. The number of pyridine rings is 1. The van der Waals surface area contributed by atoms with Gasteiger partial charge in [0, 0.05) is 11.8 Å². The maximum absolute atomic E-state index is 12.6. The van der Waals surface area contributed by atoms with Gasteiger partial charge in [0.2, 0.25) is 0 Å². The van der Waals surface area contributed by atoms with E-state index < -0.39 is 17.5 Å². The first-order valence-electron chi connectivity index (χ1n) is 11.9. The van der Waals surface area contributed by atoms with E-state index in [-0.39, 0.29) is 6.10 Å². The van der Waals surface area contributed by atoms with Gasteiger partial charge in [-0.3, -0.25) is 15.1 Å². The van der Waals surface area contributed by atoms with Gasteiger partial charge in [-0.1, -0.05) is 78.9 Å². The largest absolute Gasteiger partial charge is 0.481 e. The van der Waals surface area contributed by atoms with Crippen molar-refractivity contribution >= 4 is 17.7 Å². The van der Waals surface area contributed by atoms with Gasteiger partial charge in [-0.05, 0) is 53.6 Å². The molecule has 1 aliphatic carbocycles. The first kappa shape index (κ1) is 23.3. The molecule has 3 aromatic carbocycles. The number of anilines is 1. The smallest absolute Gasteiger partial charge is 0.412 e. The van der Waals surface area contributed by atoms with Gasteiger partial charge >= 0.3 is 12.1 Å². The van der Waals surface area contributed by atoms with E-state index in [0.717, 1.165) is 33.4 Å². The zero-order valence-corrected chi connectivity index (χ0v) is 19.8. The molecule has 0 bridgehead atoms. The number of hydrogen-bond acceptors (Lipinski definition) is 4. The van der Waals surface area contributed by atoms with Crippen LogP contribution in [0.2, 0.25) is 0 Å². The van der Waals surface area contributed by atoms with Crippen LogP contribution in [0.25, 0.3) is 22.3 Å². The molecule has 6 nitrogen and oxygen atoms in total. The number of carboxylic acid groups (broad SMARTS) is 1. The molecule has 1 aromatic heterocycles. The van der Waals surface area contributed by atoms with Gasteiger partial charge in [0.25, 0.3) is 0 Å². The van der Waals surface area contributed by atoms with Gasteiger partial charge < -0.3 is 9.84 Å². The summed E-state index contributed by atoms with van der Waals surface area (Å²) in [5.41, 5.74) is 5.41. The van der Waals surface area contributed by atoms with E-state index in [9.17, 15) is 14.7 Å². The highest BCUT2D eigenvalue weighted by molar-refractivity contribution is 5.91. The quantitative estimate of drug-likeness (QED) is 0.304. The molecule has 1 amide bonds. The highest BCUT2D eigenvalue weighted by Crippen LogP contribution is 2.48. The molecule has 1 atom stereocenters. The van der Waals surface area contributed by atoms with Crippen molar-refractivity contribution < 1.29 is 19.4 Å². The third-order valence-electron chi connectivity index (χ3n) is 6.74. The summed E-state index contributed by atoms with van der Waals surface area (Å²) in [4.78, 5) is 28.3. The third-order valence-corrected chi connectivity index (χ3v) is 6.74. The van der Waals surface area contributed by atoms with Crippen molar-refractivity contribution in [2.75, 3.05) is 5.32 Å². The molecule has 0 radical (unpaired) electrons. The second kappa shape index (κ2) is 9.66. The standard InChI is InChI=1S/C30H26N2O4/c1-20(21-5-3-2-4-6-21)36-29(35)32-27-19-31-18-15-26(27)24-9-7-22(8-10-24)23-11-13-25(14-12-23)30(16-17-30)28(33)34/h2-15,18-20H,16-17H2,1H3,(H,32,35)(H,33,34). The molecule has 1 heterocycles. The Morgan fingerprint density at radius 1 is 0.889 bits per heavy atom. The maximum Gasteiger partial charge on any atom is 0.412 e. The van der Waals surface area contributed by atoms with Crippen LogP contribution in [-0.2, 0) is 14.9 Å². The van der Waals surface area contributed by atoms with Crippen LogP contribution in [0.5, 0.6) is 0 Å². The lowest BCUT2D eigenvalue weighted by Gasteiger charge is -2.16. The van der Waals surface area contributed by atoms with Crippen LogP contribution >= 0.6 is 0 Å². The van der Waals surface area contributed by atoms with Crippen molar-refractivity contribution in [2.45, 2.75) is 31.3 Å². The fraction of sp³-hybridized carbons (Fsp3) is 0.167. The minimum Gasteiger partial charge on any atom is -0.481 e. The molecule has 0 saturated heterocycles. The molecule has 2 N–H and O–H groups in total. The third kappa shape index (κ3) is 4.70. The number of aromatic nitrogens is 1. The Morgan fingerprint density at radius 2 is 1.50 bits per heavy atom. The van der Waals surface area contributed by atoms with Crippen LogP contribution in [-0.4, -0.2) is 22.2 Å². The number of hydrogen-bond donors (Lipinski definition) is 2. The number of aliphatic carboxylic acids is 1. The van der Waals surface area contributed by atoms with E-state index in [0.29, 0.717) is 18.5 Å². The SMILES string of the molecule is CC(OC(=O)Nc1cnccc1-c1ccc(-c2ccc(C3(C(=O)O)CC3)cc2)cc1)c1ccccc1. The lowest BCUT2D eigenvalue weighted by Crippen LogP contribution is -2.19. The number of carbonyl (C=O) groups is 2. The van der Waals surface area contributed by atoms with Crippen LogP contribution in [0.15, 0.2) is 97.3 Å². The lowest BCUT2D eigenvalue weighted by atomic mass is 9.93. The molecule has 1 unspecified atom stereocenters. The van der Waals surface area contributed by atoms with Crippen molar-refractivity contribution in [1.29, 1.82) is 0 Å². The second-order valence-corrected chi connectivity index (χ2v) is 9.05. The number of rotatable bonds is 7. The molecular formula is C30H26N2O4. The van der Waals surface area contributed by atoms with Crippen molar-refractivity contribution in [3.63, 3.8) is 0 Å². The Hall–Kier alpha value is -4.45. The van der Waals surface area contributed by atoms with E-state index in [1.807, 2.05) is 91.9 Å². The van der Waals surface area contributed by atoms with Crippen molar-refractivity contribution in [3.8, 4) is 22.3 Å². The summed E-state index contributed by atoms with van der Waals surface area (Å²) in [5, 5.41) is 12.3. The summed E-state index contributed by atoms with van der Waals surface area (Å²) in [6.45, 7) is 1.83. The molecule has 6 heteroatoms. The average molecular weight is 479 g/mol. The van der Waals surface area contributed by atoms with Crippen LogP contribution in [0.1, 0.15) is 37.0 Å². The Labute approximate surface area is 209 Å². The zero-order valence-electron chi connectivity index (χ0n) is 19.8. The van der Waals surface area contributed by atoms with Gasteiger partial charge in [0.1, 0.15) is 6.10 Å². The van der Waals surface area contributed by atoms with Gasteiger partial charge in [-0.15, -0.1) is 0 Å². The first-order valence-corrected chi connectivity index (χ1v) is 11.9. The molecule has 1 fully saturated rings.